The molecule has 6 heteroatoms. The summed E-state index contributed by atoms with van der Waals surface area (Å²) in [6.07, 6.45) is 2.22. The van der Waals surface area contributed by atoms with Crippen molar-refractivity contribution in [3.63, 3.8) is 0 Å². The Balaban J connectivity index is 2.78. The monoisotopic (exact) mass is 327 g/mol. The van der Waals surface area contributed by atoms with Gasteiger partial charge in [-0.3, -0.25) is 0 Å². The Morgan fingerprint density at radius 3 is 2.26 bits per heavy atom. The van der Waals surface area contributed by atoms with Crippen LogP contribution < -0.4 is 0 Å². The molecule has 0 saturated heterocycles. The molecule has 0 spiro atoms. The van der Waals surface area contributed by atoms with Gasteiger partial charge in [0.05, 0.1) is 24.4 Å². The molecule has 0 aromatic rings. The van der Waals surface area contributed by atoms with E-state index >= 15 is 0 Å². The highest BCUT2D eigenvalue weighted by Gasteiger charge is 2.39. The third-order valence-corrected chi connectivity index (χ3v) is 4.97. The summed E-state index contributed by atoms with van der Waals surface area (Å²) in [4.78, 5) is 11.4. The average Bonchev–Trinajstić information content (AvgIpc) is 2.47. The Kier molecular flexibility index (Phi) is 8.73. The van der Waals surface area contributed by atoms with E-state index in [1.165, 1.54) is 0 Å². The summed E-state index contributed by atoms with van der Waals surface area (Å²) in [6.45, 7) is 8.40. The lowest BCUT2D eigenvalue weighted by molar-refractivity contribution is -0.0951. The molecule has 1 saturated carbocycles. The van der Waals surface area contributed by atoms with Gasteiger partial charge in [-0.1, -0.05) is 25.9 Å². The van der Waals surface area contributed by atoms with E-state index in [0.29, 0.717) is 18.8 Å². The molecule has 134 valence electrons. The van der Waals surface area contributed by atoms with Crippen molar-refractivity contribution in [3.05, 3.63) is 4.91 Å². The van der Waals surface area contributed by atoms with Crippen molar-refractivity contribution in [1.29, 1.82) is 0 Å². The van der Waals surface area contributed by atoms with Crippen LogP contribution in [0.5, 0.6) is 0 Å². The Morgan fingerprint density at radius 2 is 1.78 bits per heavy atom. The number of ether oxygens (including phenoxy) is 1. The Bertz CT molecular complexity index is 353. The Hall–Kier alpha value is -0.455. The van der Waals surface area contributed by atoms with Gasteiger partial charge in [-0.2, -0.15) is 4.91 Å². The van der Waals surface area contributed by atoms with Gasteiger partial charge in [0.25, 0.3) is 0 Å². The number of aliphatic hydroxyl groups excluding tert-OH is 2. The van der Waals surface area contributed by atoms with Crippen molar-refractivity contribution in [2.75, 3.05) is 0 Å². The van der Waals surface area contributed by atoms with E-state index in [0.717, 1.165) is 19.3 Å². The predicted octanol–water partition coefficient (Wildman–Crippen LogP) is 2.29. The lowest BCUT2D eigenvalue weighted by Crippen LogP contribution is -2.45. The molecular formula is C17H34BNO4. The van der Waals surface area contributed by atoms with Crippen LogP contribution in [0, 0.1) is 16.7 Å². The topological polar surface area (TPSA) is 79.1 Å². The van der Waals surface area contributed by atoms with E-state index in [1.807, 2.05) is 21.7 Å². The molecule has 23 heavy (non-hydrogen) atoms. The van der Waals surface area contributed by atoms with E-state index in [9.17, 15) is 15.1 Å². The van der Waals surface area contributed by atoms with Gasteiger partial charge in [0.15, 0.2) is 0 Å². The molecule has 1 aliphatic carbocycles. The predicted molar refractivity (Wildman–Crippen MR) is 95.3 cm³/mol. The fraction of sp³-hybridized carbons (Fsp3) is 1.00. The fourth-order valence-electron chi connectivity index (χ4n) is 3.40. The first kappa shape index (κ1) is 20.6. The summed E-state index contributed by atoms with van der Waals surface area (Å²) < 4.78 is 6.25. The van der Waals surface area contributed by atoms with Crippen molar-refractivity contribution in [2.45, 2.75) is 96.1 Å². The molecule has 2 N–H and O–H groups in total. The van der Waals surface area contributed by atoms with Crippen LogP contribution in [0.4, 0.5) is 0 Å². The maximum absolute atomic E-state index is 11.4. The van der Waals surface area contributed by atoms with Crippen LogP contribution in [-0.4, -0.2) is 48.5 Å². The number of aliphatic hydroxyl groups is 2. The maximum Gasteiger partial charge on any atom is 0.114 e. The van der Waals surface area contributed by atoms with E-state index in [-0.39, 0.29) is 23.9 Å². The number of hydrogen-bond acceptors (Lipinski definition) is 5. The first-order valence-electron chi connectivity index (χ1n) is 9.10. The van der Waals surface area contributed by atoms with Crippen LogP contribution in [0.3, 0.4) is 0 Å². The summed E-state index contributed by atoms with van der Waals surface area (Å²) in [7, 11) is 1.98. The van der Waals surface area contributed by atoms with Gasteiger partial charge >= 0.3 is 0 Å². The smallest absolute Gasteiger partial charge is 0.114 e. The molecule has 0 bridgehead atoms. The number of nitroso groups, excluding NO2 is 1. The van der Waals surface area contributed by atoms with E-state index in [4.69, 9.17) is 4.74 Å². The summed E-state index contributed by atoms with van der Waals surface area (Å²) in [5.41, 5.74) is 0. The third kappa shape index (κ3) is 6.51. The highest BCUT2D eigenvalue weighted by Crippen LogP contribution is 2.34. The molecule has 1 aliphatic rings. The molecule has 0 aromatic carbocycles. The quantitative estimate of drug-likeness (QED) is 0.503. The highest BCUT2D eigenvalue weighted by molar-refractivity contribution is 6.11. The second-order valence-corrected chi connectivity index (χ2v) is 7.93. The normalized spacial score (nSPS) is 30.7. The summed E-state index contributed by atoms with van der Waals surface area (Å²) in [6, 6.07) is -0.413. The molecule has 1 rings (SSSR count). The van der Waals surface area contributed by atoms with Crippen molar-refractivity contribution in [2.24, 2.45) is 17.0 Å². The van der Waals surface area contributed by atoms with E-state index in [1.54, 1.807) is 0 Å². The molecule has 5 nitrogen and oxygen atoms in total. The minimum atomic E-state index is -0.731. The second kappa shape index (κ2) is 9.75. The molecule has 7 atom stereocenters. The van der Waals surface area contributed by atoms with Gasteiger partial charge in [0, 0.05) is 0 Å². The minimum absolute atomic E-state index is 0.0643. The summed E-state index contributed by atoms with van der Waals surface area (Å²) in [5.74, 6) is 0.787. The molecule has 0 aromatic heterocycles. The zero-order valence-electron chi connectivity index (χ0n) is 15.3. The van der Waals surface area contributed by atoms with Gasteiger partial charge in [-0.15, -0.1) is 0 Å². The number of nitrogens with zero attached hydrogens (tertiary/aromatic N) is 1. The summed E-state index contributed by atoms with van der Waals surface area (Å²) >= 11 is 0. The highest BCUT2D eigenvalue weighted by atomic mass is 16.5. The lowest BCUT2D eigenvalue weighted by Gasteiger charge is -2.39. The second-order valence-electron chi connectivity index (χ2n) is 7.93. The molecule has 0 radical (unpaired) electrons. The largest absolute Gasteiger partial charge is 0.390 e. The van der Waals surface area contributed by atoms with Crippen LogP contribution in [0.25, 0.3) is 0 Å². The molecule has 0 aliphatic heterocycles. The van der Waals surface area contributed by atoms with Gasteiger partial charge in [-0.25, -0.2) is 0 Å². The SMILES string of the molecule is BC(C)C(N=O)C(OC(C)CCC(C)C)[C@@H]1CCC(O)C(O)C1. The number of rotatable bonds is 9. The van der Waals surface area contributed by atoms with Crippen LogP contribution in [-0.2, 0) is 4.74 Å². The average molecular weight is 327 g/mol. The van der Waals surface area contributed by atoms with E-state index in [2.05, 4.69) is 19.0 Å². The van der Waals surface area contributed by atoms with Crippen LogP contribution >= 0.6 is 0 Å². The maximum atomic E-state index is 11.4. The molecule has 0 amide bonds. The standard InChI is InChI=1S/C17H34BNO4/c1-10(2)5-6-11(3)23-17(16(19-22)12(4)18)13-7-8-14(20)15(21)9-13/h10-17,20-21H,5-9,18H2,1-4H3/t11?,12?,13-,14?,15?,16?,17?/m1/s1. The molecular weight excluding hydrogens is 293 g/mol. The summed E-state index contributed by atoms with van der Waals surface area (Å²) in [5, 5.41) is 23.1. The molecule has 0 heterocycles. The number of hydrogen-bond donors (Lipinski definition) is 2. The lowest BCUT2D eigenvalue weighted by atomic mass is 9.73. The zero-order valence-corrected chi connectivity index (χ0v) is 15.3. The zero-order chi connectivity index (χ0) is 17.6. The Morgan fingerprint density at radius 1 is 1.13 bits per heavy atom. The van der Waals surface area contributed by atoms with Crippen LogP contribution in [0.1, 0.15) is 59.8 Å². The van der Waals surface area contributed by atoms with Crippen molar-refractivity contribution in [3.8, 4) is 0 Å². The Labute approximate surface area is 141 Å². The van der Waals surface area contributed by atoms with Crippen LogP contribution in [0.15, 0.2) is 5.18 Å². The molecule has 1 fully saturated rings. The minimum Gasteiger partial charge on any atom is -0.390 e. The van der Waals surface area contributed by atoms with Gasteiger partial charge in [0.2, 0.25) is 0 Å². The fourth-order valence-corrected chi connectivity index (χ4v) is 3.40. The molecule has 6 unspecified atom stereocenters. The van der Waals surface area contributed by atoms with Gasteiger partial charge in [-0.05, 0) is 56.7 Å². The first-order valence-corrected chi connectivity index (χ1v) is 9.10. The third-order valence-electron chi connectivity index (χ3n) is 4.97. The van der Waals surface area contributed by atoms with E-state index < -0.39 is 18.2 Å². The van der Waals surface area contributed by atoms with Crippen LogP contribution in [0.2, 0.25) is 5.82 Å². The van der Waals surface area contributed by atoms with Crippen molar-refractivity contribution in [1.82, 2.24) is 0 Å². The van der Waals surface area contributed by atoms with Gasteiger partial charge < -0.3 is 14.9 Å². The first-order chi connectivity index (χ1) is 10.8. The van der Waals surface area contributed by atoms with Crippen molar-refractivity contribution >= 4 is 7.85 Å². The van der Waals surface area contributed by atoms with Crippen molar-refractivity contribution < 1.29 is 14.9 Å². The van der Waals surface area contributed by atoms with Gasteiger partial charge in [0.1, 0.15) is 13.9 Å².